The highest BCUT2D eigenvalue weighted by Crippen LogP contribution is 2.15. The summed E-state index contributed by atoms with van der Waals surface area (Å²) < 4.78 is 4.75. The third-order valence-electron chi connectivity index (χ3n) is 2.14. The van der Waals surface area contributed by atoms with Crippen molar-refractivity contribution in [1.29, 1.82) is 0 Å². The normalized spacial score (nSPS) is 12.9. The Kier molecular flexibility index (Phi) is 2.96. The van der Waals surface area contributed by atoms with Crippen LogP contribution >= 0.6 is 11.3 Å². The summed E-state index contributed by atoms with van der Waals surface area (Å²) in [5, 5.41) is 11.3. The molecule has 74 valence electrons. The summed E-state index contributed by atoms with van der Waals surface area (Å²) in [6.07, 6.45) is 3.39. The van der Waals surface area contributed by atoms with E-state index in [1.165, 1.54) is 5.56 Å². The second-order valence-electron chi connectivity index (χ2n) is 3.19. The van der Waals surface area contributed by atoms with Gasteiger partial charge in [-0.2, -0.15) is 11.3 Å². The summed E-state index contributed by atoms with van der Waals surface area (Å²) in [4.78, 5) is 0. The summed E-state index contributed by atoms with van der Waals surface area (Å²) in [7, 11) is 0. The molecule has 0 aliphatic heterocycles. The van der Waals surface area contributed by atoms with Crippen LogP contribution in [-0.2, 0) is 6.54 Å². The number of rotatable bonds is 4. The molecule has 1 atom stereocenters. The van der Waals surface area contributed by atoms with E-state index in [0.29, 0.717) is 6.04 Å². The van der Waals surface area contributed by atoms with Crippen LogP contribution in [0.5, 0.6) is 0 Å². The van der Waals surface area contributed by atoms with Crippen LogP contribution in [0.1, 0.15) is 24.1 Å². The Labute approximate surface area is 86.7 Å². The predicted molar refractivity (Wildman–Crippen MR) is 56.1 cm³/mol. The summed E-state index contributed by atoms with van der Waals surface area (Å²) in [6, 6.07) is 2.51. The molecule has 0 bridgehead atoms. The number of aromatic nitrogens is 1. The van der Waals surface area contributed by atoms with E-state index in [9.17, 15) is 0 Å². The summed E-state index contributed by atoms with van der Waals surface area (Å²) in [6.45, 7) is 2.94. The zero-order chi connectivity index (χ0) is 9.80. The van der Waals surface area contributed by atoms with Crippen molar-refractivity contribution in [3.05, 3.63) is 40.4 Å². The highest BCUT2D eigenvalue weighted by atomic mass is 32.1. The maximum absolute atomic E-state index is 4.75. The fourth-order valence-corrected chi connectivity index (χ4v) is 1.98. The fraction of sp³-hybridized carbons (Fsp3) is 0.300. The Hall–Kier alpha value is -1.13. The maximum Gasteiger partial charge on any atom is 0.128 e. The van der Waals surface area contributed by atoms with Gasteiger partial charge in [0.2, 0.25) is 0 Å². The lowest BCUT2D eigenvalue weighted by Gasteiger charge is -2.10. The standard InChI is InChI=1S/C10H12N2OS/c1-8(10-2-3-14-7-10)11-4-9-5-12-13-6-9/h2-3,5-8,11H,4H2,1H3. The van der Waals surface area contributed by atoms with Crippen LogP contribution < -0.4 is 5.32 Å². The van der Waals surface area contributed by atoms with Gasteiger partial charge in [-0.15, -0.1) is 0 Å². The molecule has 1 unspecified atom stereocenters. The van der Waals surface area contributed by atoms with Gasteiger partial charge in [-0.05, 0) is 29.3 Å². The first-order chi connectivity index (χ1) is 6.86. The molecule has 2 heterocycles. The third-order valence-corrected chi connectivity index (χ3v) is 2.84. The highest BCUT2D eigenvalue weighted by Gasteiger charge is 2.05. The Bertz CT molecular complexity index is 355. The molecule has 0 aliphatic carbocycles. The molecule has 0 aromatic carbocycles. The monoisotopic (exact) mass is 208 g/mol. The van der Waals surface area contributed by atoms with Crippen molar-refractivity contribution < 1.29 is 4.52 Å². The number of nitrogens with one attached hydrogen (secondary N) is 1. The van der Waals surface area contributed by atoms with Gasteiger partial charge in [-0.25, -0.2) is 0 Å². The van der Waals surface area contributed by atoms with Gasteiger partial charge in [0.05, 0.1) is 6.20 Å². The zero-order valence-corrected chi connectivity index (χ0v) is 8.75. The zero-order valence-electron chi connectivity index (χ0n) is 7.93. The average molecular weight is 208 g/mol. The van der Waals surface area contributed by atoms with E-state index in [4.69, 9.17) is 4.52 Å². The summed E-state index contributed by atoms with van der Waals surface area (Å²) in [5.41, 5.74) is 2.40. The molecule has 2 aromatic heterocycles. The molecule has 0 saturated heterocycles. The maximum atomic E-state index is 4.75. The molecule has 3 nitrogen and oxygen atoms in total. The minimum absolute atomic E-state index is 0.371. The largest absolute Gasteiger partial charge is 0.364 e. The molecule has 2 aromatic rings. The van der Waals surface area contributed by atoms with Crippen LogP contribution in [0.2, 0.25) is 0 Å². The second-order valence-corrected chi connectivity index (χ2v) is 3.97. The van der Waals surface area contributed by atoms with E-state index in [0.717, 1.165) is 12.1 Å². The molecule has 0 fully saturated rings. The lowest BCUT2D eigenvalue weighted by atomic mass is 10.2. The Morgan fingerprint density at radius 2 is 2.57 bits per heavy atom. The van der Waals surface area contributed by atoms with Gasteiger partial charge >= 0.3 is 0 Å². The van der Waals surface area contributed by atoms with E-state index in [1.807, 2.05) is 0 Å². The highest BCUT2D eigenvalue weighted by molar-refractivity contribution is 7.07. The smallest absolute Gasteiger partial charge is 0.128 e. The van der Waals surface area contributed by atoms with Gasteiger partial charge in [0.25, 0.3) is 0 Å². The van der Waals surface area contributed by atoms with Gasteiger partial charge in [-0.3, -0.25) is 0 Å². The van der Waals surface area contributed by atoms with Crippen LogP contribution in [0.25, 0.3) is 0 Å². The number of hydrogen-bond acceptors (Lipinski definition) is 4. The lowest BCUT2D eigenvalue weighted by molar-refractivity contribution is 0.418. The molecule has 0 saturated carbocycles. The Balaban J connectivity index is 1.87. The molecule has 0 amide bonds. The first-order valence-corrected chi connectivity index (χ1v) is 5.44. The van der Waals surface area contributed by atoms with Crippen molar-refractivity contribution in [2.24, 2.45) is 0 Å². The summed E-state index contributed by atoms with van der Waals surface area (Å²) >= 11 is 1.72. The van der Waals surface area contributed by atoms with E-state index in [1.54, 1.807) is 23.8 Å². The molecule has 0 aliphatic rings. The van der Waals surface area contributed by atoms with Gasteiger partial charge in [0, 0.05) is 18.2 Å². The number of nitrogens with zero attached hydrogens (tertiary/aromatic N) is 1. The van der Waals surface area contributed by atoms with Crippen LogP contribution in [0, 0.1) is 0 Å². The van der Waals surface area contributed by atoms with Crippen LogP contribution in [0.15, 0.2) is 33.8 Å². The van der Waals surface area contributed by atoms with E-state index in [2.05, 4.69) is 34.2 Å². The van der Waals surface area contributed by atoms with Crippen molar-refractivity contribution in [2.45, 2.75) is 19.5 Å². The van der Waals surface area contributed by atoms with Gasteiger partial charge in [-0.1, -0.05) is 5.16 Å². The first kappa shape index (κ1) is 9.43. The Morgan fingerprint density at radius 3 is 3.21 bits per heavy atom. The molecule has 0 radical (unpaired) electrons. The molecule has 1 N–H and O–H groups in total. The summed E-state index contributed by atoms with van der Waals surface area (Å²) in [5.74, 6) is 0. The van der Waals surface area contributed by atoms with E-state index >= 15 is 0 Å². The second kappa shape index (κ2) is 4.39. The van der Waals surface area contributed by atoms with Crippen molar-refractivity contribution in [3.63, 3.8) is 0 Å². The molecular formula is C10H12N2OS. The predicted octanol–water partition coefficient (Wildman–Crippen LogP) is 2.59. The van der Waals surface area contributed by atoms with Crippen molar-refractivity contribution in [2.75, 3.05) is 0 Å². The SMILES string of the molecule is CC(NCc1cnoc1)c1ccsc1. The topological polar surface area (TPSA) is 38.1 Å². The van der Waals surface area contributed by atoms with Crippen molar-refractivity contribution in [1.82, 2.24) is 10.5 Å². The molecule has 0 spiro atoms. The minimum Gasteiger partial charge on any atom is -0.364 e. The fourth-order valence-electron chi connectivity index (χ4n) is 1.22. The third kappa shape index (κ3) is 2.21. The quantitative estimate of drug-likeness (QED) is 0.839. The van der Waals surface area contributed by atoms with E-state index in [-0.39, 0.29) is 0 Å². The number of thiophene rings is 1. The minimum atomic E-state index is 0.371. The van der Waals surface area contributed by atoms with Gasteiger partial charge in [0.1, 0.15) is 6.26 Å². The van der Waals surface area contributed by atoms with Crippen molar-refractivity contribution >= 4 is 11.3 Å². The molecule has 14 heavy (non-hydrogen) atoms. The van der Waals surface area contributed by atoms with Gasteiger partial charge < -0.3 is 9.84 Å². The average Bonchev–Trinajstić information content (AvgIpc) is 2.87. The molecular weight excluding hydrogens is 196 g/mol. The van der Waals surface area contributed by atoms with E-state index < -0.39 is 0 Å². The first-order valence-electron chi connectivity index (χ1n) is 4.50. The molecule has 4 heteroatoms. The lowest BCUT2D eigenvalue weighted by Crippen LogP contribution is -2.17. The Morgan fingerprint density at radius 1 is 1.64 bits per heavy atom. The van der Waals surface area contributed by atoms with Crippen LogP contribution in [-0.4, -0.2) is 5.16 Å². The van der Waals surface area contributed by atoms with Crippen molar-refractivity contribution in [3.8, 4) is 0 Å². The molecule has 2 rings (SSSR count). The number of hydrogen-bond donors (Lipinski definition) is 1. The van der Waals surface area contributed by atoms with Crippen LogP contribution in [0.3, 0.4) is 0 Å². The van der Waals surface area contributed by atoms with Crippen LogP contribution in [0.4, 0.5) is 0 Å². The van der Waals surface area contributed by atoms with Gasteiger partial charge in [0.15, 0.2) is 0 Å².